The van der Waals surface area contributed by atoms with Gasteiger partial charge in [-0.3, -0.25) is 0 Å². The standard InChI is InChI=1S/C7H16N2.C2H6.CH4/c1-3-9-6-4-8(2)5-7-9;1-2;/h3-7H2,1-2H3;1-2H3;1H4. The molecule has 0 radical (unpaired) electrons. The van der Waals surface area contributed by atoms with Crippen molar-refractivity contribution in [2.24, 2.45) is 0 Å². The number of piperazine rings is 1. The summed E-state index contributed by atoms with van der Waals surface area (Å²) in [4.78, 5) is 4.87. The van der Waals surface area contributed by atoms with Crippen molar-refractivity contribution in [3.63, 3.8) is 0 Å². The zero-order valence-electron chi connectivity index (χ0n) is 8.43. The quantitative estimate of drug-likeness (QED) is 0.599. The molecule has 0 aromatic rings. The SMILES string of the molecule is C.CC.CCN1CCN(C)CC1. The number of nitrogens with zero attached hydrogens (tertiary/aromatic N) is 2. The maximum atomic E-state index is 2.49. The van der Waals surface area contributed by atoms with Gasteiger partial charge in [0, 0.05) is 26.2 Å². The lowest BCUT2D eigenvalue weighted by Gasteiger charge is -2.31. The van der Waals surface area contributed by atoms with Crippen LogP contribution < -0.4 is 0 Å². The van der Waals surface area contributed by atoms with E-state index in [0.717, 1.165) is 0 Å². The number of likely N-dealkylation sites (N-methyl/N-ethyl adjacent to an activating group) is 2. The lowest BCUT2D eigenvalue weighted by Crippen LogP contribution is -2.44. The summed E-state index contributed by atoms with van der Waals surface area (Å²) in [5.41, 5.74) is 0. The lowest BCUT2D eigenvalue weighted by molar-refractivity contribution is 0.160. The topological polar surface area (TPSA) is 6.48 Å². The van der Waals surface area contributed by atoms with Gasteiger partial charge in [-0.05, 0) is 13.6 Å². The molecule has 0 aliphatic carbocycles. The van der Waals surface area contributed by atoms with Gasteiger partial charge in [-0.25, -0.2) is 0 Å². The van der Waals surface area contributed by atoms with Crippen molar-refractivity contribution in [1.82, 2.24) is 9.80 Å². The maximum absolute atomic E-state index is 2.49. The van der Waals surface area contributed by atoms with E-state index >= 15 is 0 Å². The minimum absolute atomic E-state index is 0. The Kier molecular flexibility index (Phi) is 10.8. The molecule has 2 heteroatoms. The summed E-state index contributed by atoms with van der Waals surface area (Å²) >= 11 is 0. The highest BCUT2D eigenvalue weighted by molar-refractivity contribution is 4.66. The lowest BCUT2D eigenvalue weighted by atomic mass is 10.3. The maximum Gasteiger partial charge on any atom is 0.0110 e. The van der Waals surface area contributed by atoms with Crippen LogP contribution in [-0.2, 0) is 0 Å². The van der Waals surface area contributed by atoms with Crippen molar-refractivity contribution in [1.29, 1.82) is 0 Å². The Morgan fingerprint density at radius 1 is 1.00 bits per heavy atom. The van der Waals surface area contributed by atoms with Crippen LogP contribution >= 0.6 is 0 Å². The average Bonchev–Trinajstić information content (AvgIpc) is 2.10. The summed E-state index contributed by atoms with van der Waals surface area (Å²) in [7, 11) is 2.19. The summed E-state index contributed by atoms with van der Waals surface area (Å²) in [6.45, 7) is 12.4. The van der Waals surface area contributed by atoms with Crippen molar-refractivity contribution in [2.45, 2.75) is 28.2 Å². The van der Waals surface area contributed by atoms with Crippen LogP contribution in [0.15, 0.2) is 0 Å². The van der Waals surface area contributed by atoms with Gasteiger partial charge in [-0.15, -0.1) is 0 Å². The fourth-order valence-electron chi connectivity index (χ4n) is 1.16. The Morgan fingerprint density at radius 2 is 1.42 bits per heavy atom. The first kappa shape index (κ1) is 14.4. The van der Waals surface area contributed by atoms with E-state index in [9.17, 15) is 0 Å². The van der Waals surface area contributed by atoms with Gasteiger partial charge in [0.1, 0.15) is 0 Å². The molecule has 0 aromatic carbocycles. The fourth-order valence-corrected chi connectivity index (χ4v) is 1.16. The predicted octanol–water partition coefficient (Wildman–Crippen LogP) is 1.92. The van der Waals surface area contributed by atoms with Gasteiger partial charge in [0.2, 0.25) is 0 Å². The van der Waals surface area contributed by atoms with E-state index < -0.39 is 0 Å². The second kappa shape index (κ2) is 9.01. The molecule has 1 rings (SSSR count). The molecule has 0 amide bonds. The third-order valence-electron chi connectivity index (χ3n) is 2.04. The normalized spacial score (nSPS) is 19.0. The van der Waals surface area contributed by atoms with Crippen LogP contribution in [0.1, 0.15) is 28.2 Å². The van der Waals surface area contributed by atoms with E-state index in [1.165, 1.54) is 32.7 Å². The summed E-state index contributed by atoms with van der Waals surface area (Å²) in [5, 5.41) is 0. The minimum Gasteiger partial charge on any atom is -0.304 e. The molecule has 76 valence electrons. The molecule has 0 bridgehead atoms. The second-order valence-electron chi connectivity index (χ2n) is 2.74. The summed E-state index contributed by atoms with van der Waals surface area (Å²) < 4.78 is 0. The summed E-state index contributed by atoms with van der Waals surface area (Å²) in [6.07, 6.45) is 0. The van der Waals surface area contributed by atoms with E-state index in [1.807, 2.05) is 13.8 Å². The van der Waals surface area contributed by atoms with Crippen molar-refractivity contribution < 1.29 is 0 Å². The van der Waals surface area contributed by atoms with Crippen LogP contribution in [0.5, 0.6) is 0 Å². The van der Waals surface area contributed by atoms with Gasteiger partial charge in [0.25, 0.3) is 0 Å². The highest BCUT2D eigenvalue weighted by Gasteiger charge is 2.10. The third kappa shape index (κ3) is 5.56. The van der Waals surface area contributed by atoms with E-state index in [-0.39, 0.29) is 7.43 Å². The fraction of sp³-hybridized carbons (Fsp3) is 1.00. The molecule has 0 aromatic heterocycles. The Bertz CT molecular complexity index is 75.9. The van der Waals surface area contributed by atoms with Crippen molar-refractivity contribution in [3.05, 3.63) is 0 Å². The van der Waals surface area contributed by atoms with Gasteiger partial charge in [0.15, 0.2) is 0 Å². The number of hydrogen-bond donors (Lipinski definition) is 0. The van der Waals surface area contributed by atoms with Crippen LogP contribution in [-0.4, -0.2) is 49.6 Å². The Labute approximate surface area is 78.5 Å². The molecule has 0 N–H and O–H groups in total. The number of hydrogen-bond acceptors (Lipinski definition) is 2. The summed E-state index contributed by atoms with van der Waals surface area (Å²) in [5.74, 6) is 0. The van der Waals surface area contributed by atoms with Crippen LogP contribution in [0.25, 0.3) is 0 Å². The van der Waals surface area contributed by atoms with E-state index in [1.54, 1.807) is 0 Å². The first-order valence-corrected chi connectivity index (χ1v) is 4.74. The molecule has 12 heavy (non-hydrogen) atoms. The van der Waals surface area contributed by atoms with Gasteiger partial charge in [0.05, 0.1) is 0 Å². The van der Waals surface area contributed by atoms with Crippen LogP contribution in [0, 0.1) is 0 Å². The first-order valence-electron chi connectivity index (χ1n) is 4.74. The van der Waals surface area contributed by atoms with Gasteiger partial charge < -0.3 is 9.80 Å². The van der Waals surface area contributed by atoms with Crippen LogP contribution in [0.4, 0.5) is 0 Å². The van der Waals surface area contributed by atoms with Gasteiger partial charge in [-0.1, -0.05) is 28.2 Å². The molecule has 0 atom stereocenters. The highest BCUT2D eigenvalue weighted by atomic mass is 15.2. The van der Waals surface area contributed by atoms with E-state index in [4.69, 9.17) is 0 Å². The smallest absolute Gasteiger partial charge is 0.0110 e. The Balaban J connectivity index is 0. The zero-order chi connectivity index (χ0) is 8.69. The molecule has 1 fully saturated rings. The zero-order valence-corrected chi connectivity index (χ0v) is 8.43. The molecular weight excluding hydrogens is 148 g/mol. The minimum atomic E-state index is 0. The molecule has 1 aliphatic rings. The van der Waals surface area contributed by atoms with Gasteiger partial charge >= 0.3 is 0 Å². The molecule has 1 saturated heterocycles. The van der Waals surface area contributed by atoms with Crippen molar-refractivity contribution in [2.75, 3.05) is 39.8 Å². The molecule has 2 nitrogen and oxygen atoms in total. The molecular formula is C10H26N2. The molecule has 1 heterocycles. The Morgan fingerprint density at radius 3 is 1.75 bits per heavy atom. The molecule has 0 unspecified atom stereocenters. The Hall–Kier alpha value is -0.0800. The van der Waals surface area contributed by atoms with Crippen LogP contribution in [0.2, 0.25) is 0 Å². The number of rotatable bonds is 1. The third-order valence-corrected chi connectivity index (χ3v) is 2.04. The first-order chi connectivity index (χ1) is 5.33. The van der Waals surface area contributed by atoms with Crippen LogP contribution in [0.3, 0.4) is 0 Å². The molecule has 0 saturated carbocycles. The second-order valence-corrected chi connectivity index (χ2v) is 2.74. The van der Waals surface area contributed by atoms with E-state index in [2.05, 4.69) is 23.8 Å². The monoisotopic (exact) mass is 174 g/mol. The van der Waals surface area contributed by atoms with E-state index in [0.29, 0.717) is 0 Å². The van der Waals surface area contributed by atoms with Crippen molar-refractivity contribution in [3.8, 4) is 0 Å². The average molecular weight is 174 g/mol. The largest absolute Gasteiger partial charge is 0.304 e. The summed E-state index contributed by atoms with van der Waals surface area (Å²) in [6, 6.07) is 0. The highest BCUT2D eigenvalue weighted by Crippen LogP contribution is 1.96. The van der Waals surface area contributed by atoms with Gasteiger partial charge in [-0.2, -0.15) is 0 Å². The molecule has 1 aliphatic heterocycles. The predicted molar refractivity (Wildman–Crippen MR) is 57.7 cm³/mol. The van der Waals surface area contributed by atoms with Crippen molar-refractivity contribution >= 4 is 0 Å². The molecule has 0 spiro atoms.